The van der Waals surface area contributed by atoms with Gasteiger partial charge < -0.3 is 19.5 Å². The largest absolute Gasteiger partial charge is 0.494 e. The van der Waals surface area contributed by atoms with Crippen molar-refractivity contribution in [2.45, 2.75) is 19.3 Å². The van der Waals surface area contributed by atoms with Gasteiger partial charge in [-0.05, 0) is 24.6 Å². The third-order valence-corrected chi connectivity index (χ3v) is 2.95. The number of benzene rings is 1. The quantitative estimate of drug-likeness (QED) is 0.782. The molecule has 1 aromatic carbocycles. The second-order valence-electron chi connectivity index (χ2n) is 4.08. The van der Waals surface area contributed by atoms with Crippen LogP contribution in [0.3, 0.4) is 0 Å². The first-order chi connectivity index (χ1) is 8.66. The molecule has 0 radical (unpaired) electrons. The lowest BCUT2D eigenvalue weighted by atomic mass is 10.1. The fraction of sp³-hybridized carbons (Fsp3) is 0.462. The Labute approximate surface area is 107 Å². The maximum absolute atomic E-state index is 7.89. The highest BCUT2D eigenvalue weighted by Crippen LogP contribution is 2.34. The monoisotopic (exact) mass is 250 g/mol. The summed E-state index contributed by atoms with van der Waals surface area (Å²) in [4.78, 5) is 0. The molecule has 18 heavy (non-hydrogen) atoms. The first kappa shape index (κ1) is 12.9. The van der Waals surface area contributed by atoms with Gasteiger partial charge in [0.05, 0.1) is 6.61 Å². The van der Waals surface area contributed by atoms with Gasteiger partial charge in [0.15, 0.2) is 0 Å². The van der Waals surface area contributed by atoms with Crippen LogP contribution in [0.4, 0.5) is 0 Å². The molecule has 1 aromatic rings. The fourth-order valence-electron chi connectivity index (χ4n) is 2.03. The smallest absolute Gasteiger partial charge is 0.279 e. The van der Waals surface area contributed by atoms with Crippen molar-refractivity contribution in [2.24, 2.45) is 0 Å². The molecular formula is C13H18N2O3. The summed E-state index contributed by atoms with van der Waals surface area (Å²) < 4.78 is 16.3. The molecule has 5 nitrogen and oxygen atoms in total. The summed E-state index contributed by atoms with van der Waals surface area (Å²) in [5, 5.41) is 10.8. The van der Waals surface area contributed by atoms with Crippen molar-refractivity contribution < 1.29 is 14.2 Å². The molecule has 1 aliphatic heterocycles. The first-order valence-electron chi connectivity index (χ1n) is 5.91. The molecule has 0 saturated heterocycles. The van der Waals surface area contributed by atoms with Crippen LogP contribution >= 0.6 is 0 Å². The van der Waals surface area contributed by atoms with E-state index in [4.69, 9.17) is 19.6 Å². The lowest BCUT2D eigenvalue weighted by molar-refractivity contribution is -0.223. The van der Waals surface area contributed by atoms with Crippen molar-refractivity contribution in [1.82, 2.24) is 5.32 Å². The number of fused-ring (bicyclic) bond motifs is 1. The molecule has 0 unspecified atom stereocenters. The lowest BCUT2D eigenvalue weighted by Gasteiger charge is -2.26. The molecular weight excluding hydrogens is 232 g/mol. The van der Waals surface area contributed by atoms with Gasteiger partial charge in [0, 0.05) is 25.3 Å². The highest BCUT2D eigenvalue weighted by molar-refractivity contribution is 6.01. The Morgan fingerprint density at radius 3 is 2.61 bits per heavy atom. The van der Waals surface area contributed by atoms with E-state index in [1.165, 1.54) is 0 Å². The standard InChI is InChI=1S/C13H18N2O3/c1-4-7-18-9-5-6-10-11(8-9)13(16-2,17-3)15-12(10)14/h5-6,8H,4,7H2,1-3H3,(H2,14,15). The molecule has 2 rings (SSSR count). The molecule has 5 heteroatoms. The van der Waals surface area contributed by atoms with E-state index in [1.807, 2.05) is 18.2 Å². The fourth-order valence-corrected chi connectivity index (χ4v) is 2.03. The van der Waals surface area contributed by atoms with Gasteiger partial charge in [0.25, 0.3) is 5.91 Å². The van der Waals surface area contributed by atoms with Gasteiger partial charge in [-0.25, -0.2) is 0 Å². The van der Waals surface area contributed by atoms with Crippen LogP contribution in [0.15, 0.2) is 18.2 Å². The van der Waals surface area contributed by atoms with Crippen LogP contribution in [-0.4, -0.2) is 26.7 Å². The van der Waals surface area contributed by atoms with E-state index in [1.54, 1.807) is 14.2 Å². The minimum absolute atomic E-state index is 0.288. The van der Waals surface area contributed by atoms with Gasteiger partial charge in [-0.1, -0.05) is 6.92 Å². The number of nitrogens with one attached hydrogen (secondary N) is 2. The van der Waals surface area contributed by atoms with Crippen LogP contribution in [-0.2, 0) is 15.4 Å². The Hall–Kier alpha value is -1.59. The Kier molecular flexibility index (Phi) is 3.54. The highest BCUT2D eigenvalue weighted by Gasteiger charge is 2.42. The van der Waals surface area contributed by atoms with Gasteiger partial charge in [-0.2, -0.15) is 0 Å². The minimum Gasteiger partial charge on any atom is -0.494 e. The number of methoxy groups -OCH3 is 2. The summed E-state index contributed by atoms with van der Waals surface area (Å²) in [7, 11) is 3.08. The van der Waals surface area contributed by atoms with Crippen LogP contribution in [0.1, 0.15) is 24.5 Å². The summed E-state index contributed by atoms with van der Waals surface area (Å²) in [6.45, 7) is 2.72. The predicted molar refractivity (Wildman–Crippen MR) is 67.9 cm³/mol. The SMILES string of the molecule is CCCOc1ccc2c(c1)C(OC)(OC)NC2=N. The zero-order chi connectivity index (χ0) is 13.2. The Bertz CT molecular complexity index is 456. The molecule has 0 atom stereocenters. The van der Waals surface area contributed by atoms with E-state index in [9.17, 15) is 0 Å². The number of ether oxygens (including phenoxy) is 3. The van der Waals surface area contributed by atoms with Crippen molar-refractivity contribution in [2.75, 3.05) is 20.8 Å². The van der Waals surface area contributed by atoms with Gasteiger partial charge in [-0.3, -0.25) is 5.41 Å². The van der Waals surface area contributed by atoms with Crippen LogP contribution in [0.2, 0.25) is 0 Å². The van der Waals surface area contributed by atoms with Crippen molar-refractivity contribution >= 4 is 5.84 Å². The topological polar surface area (TPSA) is 63.6 Å². The Morgan fingerprint density at radius 1 is 1.28 bits per heavy atom. The number of hydrogen-bond acceptors (Lipinski definition) is 4. The summed E-state index contributed by atoms with van der Waals surface area (Å²) in [5.41, 5.74) is 1.54. The highest BCUT2D eigenvalue weighted by atomic mass is 16.7. The predicted octanol–water partition coefficient (Wildman–Crippen LogP) is 1.81. The van der Waals surface area contributed by atoms with Crippen LogP contribution < -0.4 is 10.1 Å². The van der Waals surface area contributed by atoms with Gasteiger partial charge in [-0.15, -0.1) is 0 Å². The average Bonchev–Trinajstić information content (AvgIpc) is 2.69. The third-order valence-electron chi connectivity index (χ3n) is 2.95. The van der Waals surface area contributed by atoms with E-state index in [0.717, 1.165) is 23.3 Å². The average molecular weight is 250 g/mol. The summed E-state index contributed by atoms with van der Waals surface area (Å²) in [6.07, 6.45) is 0.949. The first-order valence-corrected chi connectivity index (χ1v) is 5.91. The van der Waals surface area contributed by atoms with E-state index in [2.05, 4.69) is 12.2 Å². The summed E-state index contributed by atoms with van der Waals surface area (Å²) >= 11 is 0. The molecule has 0 amide bonds. The minimum atomic E-state index is -1.09. The second kappa shape index (κ2) is 4.96. The molecule has 0 aromatic heterocycles. The van der Waals surface area contributed by atoms with E-state index in [-0.39, 0.29) is 5.84 Å². The van der Waals surface area contributed by atoms with Gasteiger partial charge >= 0.3 is 0 Å². The van der Waals surface area contributed by atoms with Crippen molar-refractivity contribution in [1.29, 1.82) is 5.41 Å². The van der Waals surface area contributed by atoms with Crippen LogP contribution in [0.25, 0.3) is 0 Å². The molecule has 2 N–H and O–H groups in total. The molecule has 0 fully saturated rings. The molecule has 0 saturated carbocycles. The van der Waals surface area contributed by atoms with E-state index in [0.29, 0.717) is 6.61 Å². The maximum atomic E-state index is 7.89. The molecule has 1 aliphatic rings. The van der Waals surface area contributed by atoms with Crippen LogP contribution in [0.5, 0.6) is 5.75 Å². The lowest BCUT2D eigenvalue weighted by Crippen LogP contribution is -2.42. The molecule has 0 bridgehead atoms. The van der Waals surface area contributed by atoms with Gasteiger partial charge in [0.1, 0.15) is 11.6 Å². The number of rotatable bonds is 5. The van der Waals surface area contributed by atoms with Crippen LogP contribution in [0, 0.1) is 5.41 Å². The van der Waals surface area contributed by atoms with Gasteiger partial charge in [0.2, 0.25) is 0 Å². The normalized spacial score (nSPS) is 16.3. The Balaban J connectivity index is 2.40. The third kappa shape index (κ3) is 1.95. The molecule has 0 aliphatic carbocycles. The van der Waals surface area contributed by atoms with E-state index >= 15 is 0 Å². The van der Waals surface area contributed by atoms with E-state index < -0.39 is 5.91 Å². The molecule has 1 heterocycles. The van der Waals surface area contributed by atoms with Crippen molar-refractivity contribution in [3.05, 3.63) is 29.3 Å². The second-order valence-corrected chi connectivity index (χ2v) is 4.08. The van der Waals surface area contributed by atoms with Crippen molar-refractivity contribution in [3.63, 3.8) is 0 Å². The Morgan fingerprint density at radius 2 is 2.00 bits per heavy atom. The molecule has 0 spiro atoms. The zero-order valence-electron chi connectivity index (χ0n) is 10.9. The molecule has 98 valence electrons. The summed E-state index contributed by atoms with van der Waals surface area (Å²) in [5.74, 6) is -0.0424. The maximum Gasteiger partial charge on any atom is 0.279 e. The van der Waals surface area contributed by atoms with Crippen molar-refractivity contribution in [3.8, 4) is 5.75 Å². The summed E-state index contributed by atoms with van der Waals surface area (Å²) in [6, 6.07) is 5.55. The number of hydrogen-bond donors (Lipinski definition) is 2. The number of amidine groups is 1. The zero-order valence-corrected chi connectivity index (χ0v) is 10.9.